The first-order valence-electron chi connectivity index (χ1n) is 7.58. The highest BCUT2D eigenvalue weighted by Gasteiger charge is 2.18. The van der Waals surface area contributed by atoms with E-state index in [4.69, 9.17) is 5.73 Å². The zero-order valence-corrected chi connectivity index (χ0v) is 13.8. The minimum absolute atomic E-state index is 0.0404. The van der Waals surface area contributed by atoms with Crippen LogP contribution in [0.5, 0.6) is 5.75 Å². The molecular formula is C18H18N4O2. The second-order valence-corrected chi connectivity index (χ2v) is 5.82. The molecule has 6 heteroatoms. The molecule has 0 spiro atoms. The Kier molecular flexibility index (Phi) is 3.89. The fourth-order valence-electron chi connectivity index (χ4n) is 2.80. The largest absolute Gasteiger partial charge is 0.508 e. The SMILES string of the molecule is Cc1nc2cc(CN=O)c(N)c(-c3cccc(O)c3C)c2nc1C. The summed E-state index contributed by atoms with van der Waals surface area (Å²) in [5.41, 5.74) is 12.4. The number of benzene rings is 2. The van der Waals surface area contributed by atoms with Gasteiger partial charge >= 0.3 is 0 Å². The van der Waals surface area contributed by atoms with E-state index in [2.05, 4.69) is 15.1 Å². The van der Waals surface area contributed by atoms with E-state index in [9.17, 15) is 10.0 Å². The van der Waals surface area contributed by atoms with Crippen LogP contribution in [0.3, 0.4) is 0 Å². The summed E-state index contributed by atoms with van der Waals surface area (Å²) in [4.78, 5) is 20.0. The maximum Gasteiger partial charge on any atom is 0.119 e. The summed E-state index contributed by atoms with van der Waals surface area (Å²) >= 11 is 0. The molecule has 0 fully saturated rings. The lowest BCUT2D eigenvalue weighted by molar-refractivity contribution is 0.471. The van der Waals surface area contributed by atoms with Crippen molar-refractivity contribution in [3.63, 3.8) is 0 Å². The van der Waals surface area contributed by atoms with Gasteiger partial charge in [0.1, 0.15) is 12.3 Å². The molecule has 0 radical (unpaired) electrons. The number of hydrogen-bond acceptors (Lipinski definition) is 6. The predicted molar refractivity (Wildman–Crippen MR) is 94.8 cm³/mol. The number of aryl methyl sites for hydroxylation is 2. The van der Waals surface area contributed by atoms with Crippen molar-refractivity contribution in [3.05, 3.63) is 51.7 Å². The Morgan fingerprint density at radius 2 is 1.88 bits per heavy atom. The Morgan fingerprint density at radius 1 is 1.17 bits per heavy atom. The average Bonchev–Trinajstić information content (AvgIpc) is 2.54. The number of phenols is 1. The minimum Gasteiger partial charge on any atom is -0.508 e. The van der Waals surface area contributed by atoms with Crippen LogP contribution in [0, 0.1) is 25.7 Å². The lowest BCUT2D eigenvalue weighted by Gasteiger charge is -2.16. The number of aromatic nitrogens is 2. The molecule has 6 nitrogen and oxygen atoms in total. The maximum absolute atomic E-state index is 10.8. The van der Waals surface area contributed by atoms with E-state index in [1.54, 1.807) is 18.2 Å². The maximum atomic E-state index is 10.8. The van der Waals surface area contributed by atoms with Gasteiger partial charge in [-0.1, -0.05) is 17.3 Å². The summed E-state index contributed by atoms with van der Waals surface area (Å²) < 4.78 is 0. The van der Waals surface area contributed by atoms with Crippen LogP contribution in [0.1, 0.15) is 22.5 Å². The van der Waals surface area contributed by atoms with Crippen molar-refractivity contribution in [2.45, 2.75) is 27.3 Å². The zero-order valence-electron chi connectivity index (χ0n) is 13.8. The van der Waals surface area contributed by atoms with Crippen LogP contribution in [-0.4, -0.2) is 15.1 Å². The standard InChI is InChI=1S/C18H18N4O2/c1-9-13(5-4-6-15(9)23)16-17(19)12(8-20-24)7-14-18(16)22-11(3)10(2)21-14/h4-7,23H,8,19H2,1-3H3. The Balaban J connectivity index is 2.47. The van der Waals surface area contributed by atoms with Crippen LogP contribution in [0.15, 0.2) is 29.4 Å². The van der Waals surface area contributed by atoms with Gasteiger partial charge in [-0.3, -0.25) is 0 Å². The van der Waals surface area contributed by atoms with Gasteiger partial charge in [-0.15, -0.1) is 0 Å². The van der Waals surface area contributed by atoms with Gasteiger partial charge in [-0.05, 0) is 44.0 Å². The Labute approximate surface area is 139 Å². The van der Waals surface area contributed by atoms with Gasteiger partial charge in [0.25, 0.3) is 0 Å². The molecule has 3 N–H and O–H groups in total. The third-order valence-corrected chi connectivity index (χ3v) is 4.31. The summed E-state index contributed by atoms with van der Waals surface area (Å²) in [6, 6.07) is 7.00. The average molecular weight is 322 g/mol. The molecule has 0 aliphatic heterocycles. The highest BCUT2D eigenvalue weighted by molar-refractivity contribution is 6.00. The monoisotopic (exact) mass is 322 g/mol. The second kappa shape index (κ2) is 5.88. The van der Waals surface area contributed by atoms with Crippen LogP contribution in [0.25, 0.3) is 22.2 Å². The van der Waals surface area contributed by atoms with E-state index in [0.717, 1.165) is 17.0 Å². The van der Waals surface area contributed by atoms with Crippen molar-refractivity contribution in [1.82, 2.24) is 9.97 Å². The van der Waals surface area contributed by atoms with Gasteiger partial charge in [-0.2, -0.15) is 4.91 Å². The number of nitrogens with two attached hydrogens (primary N) is 1. The molecule has 0 saturated heterocycles. The first-order chi connectivity index (χ1) is 11.4. The van der Waals surface area contributed by atoms with E-state index >= 15 is 0 Å². The Hall–Kier alpha value is -3.02. The number of nitrogens with zero attached hydrogens (tertiary/aromatic N) is 3. The molecular weight excluding hydrogens is 304 g/mol. The van der Waals surface area contributed by atoms with E-state index in [1.807, 2.05) is 26.8 Å². The highest BCUT2D eigenvalue weighted by atomic mass is 16.3. The molecule has 122 valence electrons. The lowest BCUT2D eigenvalue weighted by atomic mass is 9.94. The first kappa shape index (κ1) is 15.9. The first-order valence-corrected chi connectivity index (χ1v) is 7.58. The van der Waals surface area contributed by atoms with Gasteiger partial charge in [0, 0.05) is 16.8 Å². The van der Waals surface area contributed by atoms with E-state index in [0.29, 0.717) is 33.4 Å². The van der Waals surface area contributed by atoms with Crippen LogP contribution < -0.4 is 5.73 Å². The van der Waals surface area contributed by atoms with Crippen LogP contribution >= 0.6 is 0 Å². The van der Waals surface area contributed by atoms with Gasteiger partial charge in [-0.25, -0.2) is 9.97 Å². The molecule has 3 aromatic rings. The summed E-state index contributed by atoms with van der Waals surface area (Å²) in [6.45, 7) is 5.54. The number of fused-ring (bicyclic) bond motifs is 1. The summed E-state index contributed by atoms with van der Waals surface area (Å²) in [5, 5.41) is 13.0. The molecule has 0 bridgehead atoms. The third kappa shape index (κ3) is 2.46. The fourth-order valence-corrected chi connectivity index (χ4v) is 2.80. The molecule has 0 saturated carbocycles. The number of anilines is 1. The van der Waals surface area contributed by atoms with Crippen molar-refractivity contribution in [3.8, 4) is 16.9 Å². The van der Waals surface area contributed by atoms with Crippen molar-refractivity contribution in [2.24, 2.45) is 5.18 Å². The molecule has 0 aliphatic rings. The second-order valence-electron chi connectivity index (χ2n) is 5.82. The van der Waals surface area contributed by atoms with Gasteiger partial charge in [0.15, 0.2) is 0 Å². The summed E-state index contributed by atoms with van der Waals surface area (Å²) in [7, 11) is 0. The number of rotatable bonds is 3. The van der Waals surface area contributed by atoms with E-state index in [-0.39, 0.29) is 12.3 Å². The number of nitrogen functional groups attached to an aromatic ring is 1. The smallest absolute Gasteiger partial charge is 0.119 e. The van der Waals surface area contributed by atoms with Crippen LogP contribution in [0.4, 0.5) is 5.69 Å². The van der Waals surface area contributed by atoms with Gasteiger partial charge in [0.05, 0.1) is 22.4 Å². The summed E-state index contributed by atoms with van der Waals surface area (Å²) in [5.74, 6) is 0.177. The lowest BCUT2D eigenvalue weighted by Crippen LogP contribution is -2.03. The van der Waals surface area contributed by atoms with Crippen molar-refractivity contribution in [1.29, 1.82) is 0 Å². The predicted octanol–water partition coefficient (Wildman–Crippen LogP) is 3.78. The zero-order chi connectivity index (χ0) is 17.4. The molecule has 24 heavy (non-hydrogen) atoms. The molecule has 1 aromatic heterocycles. The van der Waals surface area contributed by atoms with Crippen LogP contribution in [0.2, 0.25) is 0 Å². The van der Waals surface area contributed by atoms with Gasteiger partial charge in [0.2, 0.25) is 0 Å². The number of nitroso groups, excluding NO2 is 1. The minimum atomic E-state index is -0.0404. The quantitative estimate of drug-likeness (QED) is 0.564. The fraction of sp³-hybridized carbons (Fsp3) is 0.222. The Bertz CT molecular complexity index is 967. The number of aromatic hydroxyl groups is 1. The number of hydrogen-bond donors (Lipinski definition) is 2. The third-order valence-electron chi connectivity index (χ3n) is 4.31. The van der Waals surface area contributed by atoms with Crippen LogP contribution in [-0.2, 0) is 6.54 Å². The number of phenolic OH excluding ortho intramolecular Hbond substituents is 1. The molecule has 0 amide bonds. The molecule has 2 aromatic carbocycles. The Morgan fingerprint density at radius 3 is 2.58 bits per heavy atom. The van der Waals surface area contributed by atoms with E-state index < -0.39 is 0 Å². The topological polar surface area (TPSA) is 101 Å². The normalized spacial score (nSPS) is 11.0. The van der Waals surface area contributed by atoms with E-state index in [1.165, 1.54) is 0 Å². The van der Waals surface area contributed by atoms with Crippen molar-refractivity contribution >= 4 is 16.7 Å². The molecule has 0 aliphatic carbocycles. The molecule has 1 heterocycles. The molecule has 0 atom stereocenters. The van der Waals surface area contributed by atoms with Crippen molar-refractivity contribution < 1.29 is 5.11 Å². The van der Waals surface area contributed by atoms with Crippen molar-refractivity contribution in [2.75, 3.05) is 5.73 Å². The van der Waals surface area contributed by atoms with Gasteiger partial charge < -0.3 is 10.8 Å². The highest BCUT2D eigenvalue weighted by Crippen LogP contribution is 2.39. The summed E-state index contributed by atoms with van der Waals surface area (Å²) in [6.07, 6.45) is 0. The molecule has 3 rings (SSSR count). The molecule has 0 unspecified atom stereocenters.